The van der Waals surface area contributed by atoms with Crippen LogP contribution in [0.25, 0.3) is 11.5 Å². The van der Waals surface area contributed by atoms with Crippen LogP contribution >= 0.6 is 7.60 Å². The highest BCUT2D eigenvalue weighted by atomic mass is 31.2. The molecule has 0 fully saturated rings. The van der Waals surface area contributed by atoms with Crippen LogP contribution in [0.4, 0.5) is 0 Å². The number of nitrogens with zero attached hydrogens (tertiary/aromatic N) is 3. The molecule has 0 aliphatic carbocycles. The van der Waals surface area contributed by atoms with Crippen LogP contribution in [0.2, 0.25) is 0 Å². The van der Waals surface area contributed by atoms with E-state index in [1.807, 2.05) is 0 Å². The smallest absolute Gasteiger partial charge is 0.338 e. The summed E-state index contributed by atoms with van der Waals surface area (Å²) in [6.07, 6.45) is -0.0401. The number of aromatic nitrogens is 3. The van der Waals surface area contributed by atoms with Crippen LogP contribution < -0.4 is 0 Å². The first kappa shape index (κ1) is 15.9. The van der Waals surface area contributed by atoms with E-state index in [0.717, 1.165) is 0 Å². The summed E-state index contributed by atoms with van der Waals surface area (Å²) < 4.78 is 33.1. The second kappa shape index (κ2) is 6.51. The summed E-state index contributed by atoms with van der Waals surface area (Å²) in [5.74, 6) is 1.12. The van der Waals surface area contributed by atoms with Crippen LogP contribution in [0.5, 0.6) is 0 Å². The monoisotopic (exact) mass is 315 g/mol. The second-order valence-corrected chi connectivity index (χ2v) is 6.37. The minimum atomic E-state index is -3.25. The molecule has 0 saturated carbocycles. The van der Waals surface area contributed by atoms with Crippen molar-refractivity contribution in [2.24, 2.45) is 0 Å². The van der Waals surface area contributed by atoms with E-state index in [1.165, 1.54) is 0 Å². The van der Waals surface area contributed by atoms with Crippen LogP contribution in [0.15, 0.2) is 9.05 Å². The molecule has 9 heteroatoms. The molecule has 0 aromatic carbocycles. The Bertz CT molecular complexity index is 622. The number of aryl methyl sites for hydroxylation is 2. The maximum Gasteiger partial charge on any atom is 0.338 e. The Morgan fingerprint density at radius 3 is 2.29 bits per heavy atom. The molecule has 21 heavy (non-hydrogen) atoms. The molecule has 2 rings (SSSR count). The molecule has 8 nitrogen and oxygen atoms in total. The summed E-state index contributed by atoms with van der Waals surface area (Å²) >= 11 is 0. The Labute approximate surface area is 122 Å². The average Bonchev–Trinajstić information content (AvgIpc) is 2.97. The van der Waals surface area contributed by atoms with Gasteiger partial charge in [0.25, 0.3) is 5.89 Å². The molecule has 0 amide bonds. The molecule has 0 bridgehead atoms. The van der Waals surface area contributed by atoms with E-state index in [0.29, 0.717) is 17.0 Å². The molecular weight excluding hydrogens is 297 g/mol. The molecule has 2 heterocycles. The Balaban J connectivity index is 2.22. The molecule has 0 saturated heterocycles. The molecular formula is C12H18N3O5P. The average molecular weight is 315 g/mol. The summed E-state index contributed by atoms with van der Waals surface area (Å²) in [5.41, 5.74) is 1.30. The zero-order valence-electron chi connectivity index (χ0n) is 12.5. The van der Waals surface area contributed by atoms with Gasteiger partial charge in [0.05, 0.1) is 18.9 Å². The Hall–Kier alpha value is -1.50. The van der Waals surface area contributed by atoms with Gasteiger partial charge in [-0.3, -0.25) is 4.57 Å². The lowest BCUT2D eigenvalue weighted by molar-refractivity contribution is 0.218. The van der Waals surface area contributed by atoms with Crippen LogP contribution in [-0.2, 0) is 19.8 Å². The van der Waals surface area contributed by atoms with Gasteiger partial charge < -0.3 is 18.1 Å². The zero-order valence-corrected chi connectivity index (χ0v) is 13.3. The van der Waals surface area contributed by atoms with Crippen LogP contribution in [0.1, 0.15) is 31.1 Å². The number of hydrogen-bond acceptors (Lipinski definition) is 8. The summed E-state index contributed by atoms with van der Waals surface area (Å²) in [7, 11) is -3.25. The largest absolute Gasteiger partial charge is 0.361 e. The third kappa shape index (κ3) is 3.58. The van der Waals surface area contributed by atoms with Crippen molar-refractivity contribution < 1.29 is 22.7 Å². The van der Waals surface area contributed by atoms with Gasteiger partial charge in [-0.05, 0) is 27.7 Å². The Kier molecular flexibility index (Phi) is 4.92. The van der Waals surface area contributed by atoms with Gasteiger partial charge in [0.1, 0.15) is 17.5 Å². The highest BCUT2D eigenvalue weighted by Crippen LogP contribution is 2.50. The minimum Gasteiger partial charge on any atom is -0.361 e. The summed E-state index contributed by atoms with van der Waals surface area (Å²) in [5, 5.41) is 7.64. The van der Waals surface area contributed by atoms with Crippen molar-refractivity contribution in [3.05, 3.63) is 17.3 Å². The Morgan fingerprint density at radius 1 is 1.10 bits per heavy atom. The van der Waals surface area contributed by atoms with Gasteiger partial charge in [-0.2, -0.15) is 4.98 Å². The van der Waals surface area contributed by atoms with E-state index < -0.39 is 7.60 Å². The lowest BCUT2D eigenvalue weighted by Gasteiger charge is -2.14. The van der Waals surface area contributed by atoms with Crippen molar-refractivity contribution in [2.75, 3.05) is 13.2 Å². The van der Waals surface area contributed by atoms with Gasteiger partial charge in [0.2, 0.25) is 0 Å². The topological polar surface area (TPSA) is 100 Å². The molecule has 0 spiro atoms. The van der Waals surface area contributed by atoms with E-state index in [9.17, 15) is 4.57 Å². The first-order valence-corrected chi connectivity index (χ1v) is 8.35. The third-order valence-electron chi connectivity index (χ3n) is 2.70. The fraction of sp³-hybridized carbons (Fsp3) is 0.583. The van der Waals surface area contributed by atoms with Crippen molar-refractivity contribution in [1.29, 1.82) is 0 Å². The van der Waals surface area contributed by atoms with Crippen LogP contribution in [0, 0.1) is 13.8 Å². The lowest BCUT2D eigenvalue weighted by Crippen LogP contribution is -2.00. The van der Waals surface area contributed by atoms with Gasteiger partial charge in [-0.1, -0.05) is 10.3 Å². The standard InChI is InChI=1S/C12H18N3O5P/c1-5-17-21(16,18-6-2)7-10-13-12(20-15-10)11-8(3)14-19-9(11)4/h5-7H2,1-4H3. The number of hydrogen-bond donors (Lipinski definition) is 0. The third-order valence-corrected chi connectivity index (χ3v) is 4.68. The first-order valence-electron chi connectivity index (χ1n) is 6.63. The van der Waals surface area contributed by atoms with Crippen molar-refractivity contribution >= 4 is 7.60 Å². The van der Waals surface area contributed by atoms with Crippen molar-refractivity contribution in [1.82, 2.24) is 15.3 Å². The van der Waals surface area contributed by atoms with Gasteiger partial charge >= 0.3 is 7.60 Å². The van der Waals surface area contributed by atoms with Crippen LogP contribution in [-0.4, -0.2) is 28.5 Å². The van der Waals surface area contributed by atoms with Crippen LogP contribution in [0.3, 0.4) is 0 Å². The predicted molar refractivity (Wildman–Crippen MR) is 73.8 cm³/mol. The summed E-state index contributed by atoms with van der Waals surface area (Å²) in [6.45, 7) is 7.59. The number of rotatable bonds is 7. The fourth-order valence-electron chi connectivity index (χ4n) is 1.90. The molecule has 0 N–H and O–H groups in total. The highest BCUT2D eigenvalue weighted by Gasteiger charge is 2.28. The van der Waals surface area contributed by atoms with E-state index in [-0.39, 0.29) is 31.1 Å². The Morgan fingerprint density at radius 2 is 1.76 bits per heavy atom. The molecule has 0 aliphatic rings. The lowest BCUT2D eigenvalue weighted by atomic mass is 10.2. The summed E-state index contributed by atoms with van der Waals surface area (Å²) in [6, 6.07) is 0. The fourth-order valence-corrected chi connectivity index (χ4v) is 3.42. The van der Waals surface area contributed by atoms with Gasteiger partial charge in [0, 0.05) is 0 Å². The summed E-state index contributed by atoms with van der Waals surface area (Å²) in [4.78, 5) is 4.21. The normalized spacial score (nSPS) is 12.0. The van der Waals surface area contributed by atoms with E-state index >= 15 is 0 Å². The molecule has 0 aliphatic heterocycles. The van der Waals surface area contributed by atoms with Gasteiger partial charge in [0.15, 0.2) is 5.82 Å². The predicted octanol–water partition coefficient (Wildman–Crippen LogP) is 3.11. The van der Waals surface area contributed by atoms with E-state index in [1.54, 1.807) is 27.7 Å². The quantitative estimate of drug-likeness (QED) is 0.718. The molecule has 0 radical (unpaired) electrons. The molecule has 2 aromatic heterocycles. The van der Waals surface area contributed by atoms with Crippen molar-refractivity contribution in [3.8, 4) is 11.5 Å². The van der Waals surface area contributed by atoms with Crippen molar-refractivity contribution in [3.63, 3.8) is 0 Å². The molecule has 0 atom stereocenters. The SMILES string of the molecule is CCOP(=O)(Cc1noc(-c2c(C)noc2C)n1)OCC. The van der Waals surface area contributed by atoms with Gasteiger partial charge in [-0.15, -0.1) is 0 Å². The second-order valence-electron chi connectivity index (χ2n) is 4.32. The maximum atomic E-state index is 12.4. The van der Waals surface area contributed by atoms with E-state index in [2.05, 4.69) is 15.3 Å². The molecule has 116 valence electrons. The van der Waals surface area contributed by atoms with E-state index in [4.69, 9.17) is 18.1 Å². The highest BCUT2D eigenvalue weighted by molar-refractivity contribution is 7.53. The maximum absolute atomic E-state index is 12.4. The first-order chi connectivity index (χ1) is 9.99. The van der Waals surface area contributed by atoms with Crippen molar-refractivity contribution in [2.45, 2.75) is 33.9 Å². The molecule has 2 aromatic rings. The molecule has 0 unspecified atom stereocenters. The minimum absolute atomic E-state index is 0.0401. The zero-order chi connectivity index (χ0) is 15.5. The van der Waals surface area contributed by atoms with Gasteiger partial charge in [-0.25, -0.2) is 0 Å².